The van der Waals surface area contributed by atoms with Gasteiger partial charge in [0.1, 0.15) is 0 Å². The number of carboxylic acid groups (broad SMARTS) is 1. The van der Waals surface area contributed by atoms with Crippen LogP contribution in [0.25, 0.3) is 0 Å². The Bertz CT molecular complexity index is 310. The first-order chi connectivity index (χ1) is 5.54. The lowest BCUT2D eigenvalue weighted by atomic mass is 10.3. The highest BCUT2D eigenvalue weighted by molar-refractivity contribution is 5.92. The van der Waals surface area contributed by atoms with E-state index in [-0.39, 0.29) is 0 Å². The van der Waals surface area contributed by atoms with Crippen molar-refractivity contribution in [1.82, 2.24) is 0 Å². The summed E-state index contributed by atoms with van der Waals surface area (Å²) >= 11 is 0. The maximum absolute atomic E-state index is 10.3. The molecule has 12 heavy (non-hydrogen) atoms. The molecule has 0 saturated carbocycles. The lowest BCUT2D eigenvalue weighted by molar-refractivity contribution is -0.384. The smallest absolute Gasteiger partial charge is 0.374 e. The fourth-order valence-electron chi connectivity index (χ4n) is 0.665. The standard InChI is InChI=1S/C5H4N2O5/c6-3-2(7(10)11)1-12-4(3)5(8)9/h1H,6H2,(H,8,9). The fraction of sp³-hybridized carbons (Fsp3) is 0. The molecule has 0 amide bonds. The first-order valence-electron chi connectivity index (χ1n) is 2.78. The fourth-order valence-corrected chi connectivity index (χ4v) is 0.665. The van der Waals surface area contributed by atoms with Gasteiger partial charge >= 0.3 is 11.7 Å². The second-order valence-electron chi connectivity index (χ2n) is 1.93. The quantitative estimate of drug-likeness (QED) is 0.494. The van der Waals surface area contributed by atoms with Crippen LogP contribution in [-0.2, 0) is 0 Å². The highest BCUT2D eigenvalue weighted by Gasteiger charge is 2.23. The van der Waals surface area contributed by atoms with E-state index in [1.54, 1.807) is 0 Å². The van der Waals surface area contributed by atoms with Crippen LogP contribution in [0.5, 0.6) is 0 Å². The van der Waals surface area contributed by atoms with Gasteiger partial charge in [-0.05, 0) is 0 Å². The van der Waals surface area contributed by atoms with Crippen LogP contribution in [0.4, 0.5) is 11.4 Å². The third-order valence-electron chi connectivity index (χ3n) is 1.20. The van der Waals surface area contributed by atoms with Gasteiger partial charge in [0.15, 0.2) is 12.0 Å². The maximum atomic E-state index is 10.3. The second kappa shape index (κ2) is 2.53. The van der Waals surface area contributed by atoms with Crippen molar-refractivity contribution in [2.45, 2.75) is 0 Å². The molecular formula is C5H4N2O5. The van der Waals surface area contributed by atoms with Crippen molar-refractivity contribution in [3.63, 3.8) is 0 Å². The van der Waals surface area contributed by atoms with Crippen LogP contribution >= 0.6 is 0 Å². The van der Waals surface area contributed by atoms with Crippen LogP contribution in [0.2, 0.25) is 0 Å². The van der Waals surface area contributed by atoms with Gasteiger partial charge in [-0.1, -0.05) is 0 Å². The largest absolute Gasteiger partial charge is 0.475 e. The van der Waals surface area contributed by atoms with E-state index in [9.17, 15) is 14.9 Å². The zero-order valence-corrected chi connectivity index (χ0v) is 5.68. The predicted molar refractivity (Wildman–Crippen MR) is 36.7 cm³/mol. The van der Waals surface area contributed by atoms with Crippen LogP contribution in [0.1, 0.15) is 10.6 Å². The first-order valence-corrected chi connectivity index (χ1v) is 2.78. The third kappa shape index (κ3) is 1.07. The second-order valence-corrected chi connectivity index (χ2v) is 1.93. The number of carbonyl (C=O) groups is 1. The summed E-state index contributed by atoms with van der Waals surface area (Å²) in [5, 5.41) is 18.5. The van der Waals surface area contributed by atoms with E-state index in [0.717, 1.165) is 0 Å². The zero-order valence-electron chi connectivity index (χ0n) is 5.68. The highest BCUT2D eigenvalue weighted by Crippen LogP contribution is 2.26. The SMILES string of the molecule is Nc1c([N+](=O)[O-])coc1C(=O)O. The highest BCUT2D eigenvalue weighted by atomic mass is 16.6. The Morgan fingerprint density at radius 3 is 2.58 bits per heavy atom. The van der Waals surface area contributed by atoms with Gasteiger partial charge in [0.05, 0.1) is 4.92 Å². The summed E-state index contributed by atoms with van der Waals surface area (Å²) in [6.45, 7) is 0. The monoisotopic (exact) mass is 172 g/mol. The summed E-state index contributed by atoms with van der Waals surface area (Å²) < 4.78 is 4.35. The molecule has 0 aliphatic rings. The van der Waals surface area contributed by atoms with Crippen molar-refractivity contribution in [2.75, 3.05) is 5.73 Å². The number of hydrogen-bond acceptors (Lipinski definition) is 5. The van der Waals surface area contributed by atoms with Gasteiger partial charge in [0, 0.05) is 0 Å². The Balaban J connectivity index is 3.22. The van der Waals surface area contributed by atoms with E-state index in [1.165, 1.54) is 0 Å². The minimum atomic E-state index is -1.43. The van der Waals surface area contributed by atoms with Crippen molar-refractivity contribution < 1.29 is 19.2 Å². The minimum Gasteiger partial charge on any atom is -0.475 e. The summed E-state index contributed by atoms with van der Waals surface area (Å²) in [5.41, 5.74) is 4.09. The average molecular weight is 172 g/mol. The Kier molecular flexibility index (Phi) is 1.70. The van der Waals surface area contributed by atoms with E-state index >= 15 is 0 Å². The molecule has 0 aromatic carbocycles. The molecule has 0 spiro atoms. The van der Waals surface area contributed by atoms with Crippen LogP contribution in [-0.4, -0.2) is 16.0 Å². The molecule has 0 aliphatic carbocycles. The molecule has 0 radical (unpaired) electrons. The summed E-state index contributed by atoms with van der Waals surface area (Å²) in [7, 11) is 0. The van der Waals surface area contributed by atoms with E-state index in [4.69, 9.17) is 10.8 Å². The molecule has 1 aromatic heterocycles. The average Bonchev–Trinajstić information content (AvgIpc) is 2.30. The van der Waals surface area contributed by atoms with E-state index < -0.39 is 28.0 Å². The molecule has 0 aliphatic heterocycles. The lowest BCUT2D eigenvalue weighted by Crippen LogP contribution is -2.00. The summed E-state index contributed by atoms with van der Waals surface area (Å²) in [5.74, 6) is -2.04. The maximum Gasteiger partial charge on any atom is 0.374 e. The van der Waals surface area contributed by atoms with E-state index in [2.05, 4.69) is 4.42 Å². The Morgan fingerprint density at radius 1 is 1.75 bits per heavy atom. The molecule has 0 fully saturated rings. The predicted octanol–water partition coefficient (Wildman–Crippen LogP) is 0.468. The molecule has 0 bridgehead atoms. The number of nitrogens with two attached hydrogens (primary N) is 1. The Hall–Kier alpha value is -2.05. The van der Waals surface area contributed by atoms with E-state index in [1.807, 2.05) is 0 Å². The van der Waals surface area contributed by atoms with Gasteiger partial charge in [-0.2, -0.15) is 0 Å². The van der Waals surface area contributed by atoms with Gasteiger partial charge in [-0.25, -0.2) is 4.79 Å². The van der Waals surface area contributed by atoms with Gasteiger partial charge in [-0.3, -0.25) is 10.1 Å². The molecule has 7 heteroatoms. The molecule has 0 saturated heterocycles. The number of carboxylic acids is 1. The van der Waals surface area contributed by atoms with Gasteiger partial charge in [0.25, 0.3) is 0 Å². The number of nitro groups is 1. The Morgan fingerprint density at radius 2 is 2.33 bits per heavy atom. The number of hydrogen-bond donors (Lipinski definition) is 2. The number of rotatable bonds is 2. The van der Waals surface area contributed by atoms with Crippen molar-refractivity contribution in [2.24, 2.45) is 0 Å². The summed E-state index contributed by atoms with van der Waals surface area (Å²) in [6.07, 6.45) is 0.693. The molecular weight excluding hydrogens is 168 g/mol. The van der Waals surface area contributed by atoms with Gasteiger partial charge in [0.2, 0.25) is 5.76 Å². The zero-order chi connectivity index (χ0) is 9.30. The Labute approximate surface area is 65.5 Å². The van der Waals surface area contributed by atoms with Gasteiger partial charge in [-0.15, -0.1) is 0 Å². The van der Waals surface area contributed by atoms with Crippen molar-refractivity contribution >= 4 is 17.3 Å². The molecule has 3 N–H and O–H groups in total. The van der Waals surface area contributed by atoms with Crippen molar-refractivity contribution in [3.8, 4) is 0 Å². The topological polar surface area (TPSA) is 120 Å². The number of nitrogen functional groups attached to an aromatic ring is 1. The molecule has 0 unspecified atom stereocenters. The summed E-state index contributed by atoms with van der Waals surface area (Å²) in [6, 6.07) is 0. The minimum absolute atomic E-state index is 0.465. The van der Waals surface area contributed by atoms with Gasteiger partial charge < -0.3 is 15.3 Å². The normalized spacial score (nSPS) is 9.67. The molecule has 7 nitrogen and oxygen atoms in total. The lowest BCUT2D eigenvalue weighted by Gasteiger charge is -1.87. The van der Waals surface area contributed by atoms with Crippen LogP contribution in [0, 0.1) is 10.1 Å². The van der Waals surface area contributed by atoms with E-state index in [0.29, 0.717) is 6.26 Å². The number of nitrogens with zero attached hydrogens (tertiary/aromatic N) is 1. The molecule has 0 atom stereocenters. The molecule has 1 aromatic rings. The number of aromatic carboxylic acids is 1. The molecule has 1 rings (SSSR count). The first kappa shape index (κ1) is 8.05. The third-order valence-corrected chi connectivity index (χ3v) is 1.20. The van der Waals surface area contributed by atoms with Crippen molar-refractivity contribution in [3.05, 3.63) is 22.1 Å². The number of anilines is 1. The van der Waals surface area contributed by atoms with Crippen molar-refractivity contribution in [1.29, 1.82) is 0 Å². The van der Waals surface area contributed by atoms with Crippen LogP contribution < -0.4 is 5.73 Å². The number of furan rings is 1. The molecule has 64 valence electrons. The van der Waals surface area contributed by atoms with Crippen LogP contribution in [0.3, 0.4) is 0 Å². The van der Waals surface area contributed by atoms with Crippen LogP contribution in [0.15, 0.2) is 10.7 Å². The molecule has 1 heterocycles. The summed E-state index contributed by atoms with van der Waals surface area (Å²) in [4.78, 5) is 19.6.